The zero-order valence-electron chi connectivity index (χ0n) is 17.6. The Bertz CT molecular complexity index is 1800. The predicted octanol–water partition coefficient (Wildman–Crippen LogP) is 7.27. The molecule has 6 aromatic rings. The van der Waals surface area contributed by atoms with Gasteiger partial charge in [-0.25, -0.2) is 4.79 Å². The van der Waals surface area contributed by atoms with Gasteiger partial charge in [-0.05, 0) is 43.7 Å². The Morgan fingerprint density at radius 1 is 0.848 bits per heavy atom. The summed E-state index contributed by atoms with van der Waals surface area (Å²) in [6.07, 6.45) is -3.55. The molecular weight excluding hydrogens is 431 g/mol. The van der Waals surface area contributed by atoms with Crippen LogP contribution in [0.1, 0.15) is 16.7 Å². The second-order valence-electron chi connectivity index (χ2n) is 8.21. The van der Waals surface area contributed by atoms with Crippen molar-refractivity contribution in [1.29, 1.82) is 0 Å². The van der Waals surface area contributed by atoms with E-state index in [1.54, 1.807) is 0 Å². The first-order chi connectivity index (χ1) is 15.8. The molecule has 0 amide bonds. The Balaban J connectivity index is 1.94. The van der Waals surface area contributed by atoms with Crippen LogP contribution < -0.4 is 5.63 Å². The lowest BCUT2D eigenvalue weighted by molar-refractivity contribution is -0.136. The zero-order chi connectivity index (χ0) is 23.1. The summed E-state index contributed by atoms with van der Waals surface area (Å²) in [4.78, 5) is 12.0. The quantitative estimate of drug-likeness (QED) is 0.249. The third-order valence-corrected chi connectivity index (χ3v) is 6.07. The van der Waals surface area contributed by atoms with E-state index >= 15 is 0 Å². The molecule has 0 fully saturated rings. The van der Waals surface area contributed by atoms with Crippen molar-refractivity contribution in [2.45, 2.75) is 20.0 Å². The van der Waals surface area contributed by atoms with Crippen molar-refractivity contribution in [3.63, 3.8) is 0 Å². The van der Waals surface area contributed by atoms with Crippen LogP contribution in [-0.2, 0) is 6.18 Å². The molecular formula is C26H16F3NO3. The fourth-order valence-corrected chi connectivity index (χ4v) is 4.94. The third-order valence-electron chi connectivity index (χ3n) is 6.07. The molecule has 3 aromatic carbocycles. The molecule has 3 heterocycles. The molecule has 0 N–H and O–H groups in total. The van der Waals surface area contributed by atoms with Crippen LogP contribution in [0.3, 0.4) is 0 Å². The number of hydrogen-bond acceptors (Lipinski definition) is 3. The Hall–Kier alpha value is -4.00. The standard InChI is InChI=1S/C26H16F3NO3/c1-13-11-14(2)22-18(12-13)15-5-3-4-6-19(15)30(22)23-16-7-8-20(31)33-25(16)21(26(27,28)29)24-17(23)9-10-32-24/h3-12H,1-2H3. The molecule has 0 bridgehead atoms. The van der Waals surface area contributed by atoms with Crippen LogP contribution in [0.4, 0.5) is 13.2 Å². The van der Waals surface area contributed by atoms with Gasteiger partial charge in [0.2, 0.25) is 0 Å². The van der Waals surface area contributed by atoms with Gasteiger partial charge < -0.3 is 13.4 Å². The number of aryl methyl sites for hydroxylation is 2. The summed E-state index contributed by atoms with van der Waals surface area (Å²) in [5.41, 5.74) is 1.38. The number of alkyl halides is 3. The van der Waals surface area contributed by atoms with Gasteiger partial charge in [0.15, 0.2) is 11.2 Å². The Morgan fingerprint density at radius 2 is 1.61 bits per heavy atom. The first-order valence-corrected chi connectivity index (χ1v) is 10.3. The molecule has 7 heteroatoms. The average Bonchev–Trinajstić information content (AvgIpc) is 3.34. The minimum atomic E-state index is -4.78. The van der Waals surface area contributed by atoms with Crippen LogP contribution >= 0.6 is 0 Å². The van der Waals surface area contributed by atoms with Gasteiger partial charge in [0.25, 0.3) is 0 Å². The molecule has 0 aliphatic rings. The number of fused-ring (bicyclic) bond motifs is 5. The Morgan fingerprint density at radius 3 is 2.39 bits per heavy atom. The Kier molecular flexibility index (Phi) is 3.88. The van der Waals surface area contributed by atoms with Gasteiger partial charge in [0, 0.05) is 27.6 Å². The van der Waals surface area contributed by atoms with E-state index in [1.165, 1.54) is 18.4 Å². The predicted molar refractivity (Wildman–Crippen MR) is 121 cm³/mol. The number of rotatable bonds is 1. The average molecular weight is 447 g/mol. The number of hydrogen-bond donors (Lipinski definition) is 0. The highest BCUT2D eigenvalue weighted by molar-refractivity contribution is 6.15. The fourth-order valence-electron chi connectivity index (χ4n) is 4.94. The lowest BCUT2D eigenvalue weighted by Crippen LogP contribution is -2.10. The third kappa shape index (κ3) is 2.68. The van der Waals surface area contributed by atoms with Gasteiger partial charge in [0.05, 0.1) is 23.0 Å². The molecule has 0 unspecified atom stereocenters. The SMILES string of the molecule is Cc1cc(C)c2c(c1)c1ccccc1n2-c1c2ccoc2c(C(F)(F)F)c2oc(=O)ccc12. The van der Waals surface area contributed by atoms with Crippen LogP contribution in [0.5, 0.6) is 0 Å². The maximum Gasteiger partial charge on any atom is 0.423 e. The van der Waals surface area contributed by atoms with Gasteiger partial charge in [0.1, 0.15) is 5.56 Å². The van der Waals surface area contributed by atoms with E-state index in [4.69, 9.17) is 8.83 Å². The monoisotopic (exact) mass is 447 g/mol. The lowest BCUT2D eigenvalue weighted by Gasteiger charge is -2.17. The number of benzene rings is 3. The van der Waals surface area contributed by atoms with Gasteiger partial charge in [-0.15, -0.1) is 0 Å². The number of para-hydroxylation sites is 1. The van der Waals surface area contributed by atoms with Gasteiger partial charge in [-0.2, -0.15) is 13.2 Å². The summed E-state index contributed by atoms with van der Waals surface area (Å²) in [7, 11) is 0. The zero-order valence-corrected chi connectivity index (χ0v) is 17.6. The van der Waals surface area contributed by atoms with E-state index in [2.05, 4.69) is 6.07 Å². The van der Waals surface area contributed by atoms with E-state index in [0.29, 0.717) is 5.69 Å². The number of halogens is 3. The van der Waals surface area contributed by atoms with E-state index in [0.717, 1.165) is 39.0 Å². The molecule has 6 rings (SSSR count). The summed E-state index contributed by atoms with van der Waals surface area (Å²) < 4.78 is 54.8. The van der Waals surface area contributed by atoms with Gasteiger partial charge in [-0.1, -0.05) is 29.8 Å². The number of furan rings is 1. The number of aromatic nitrogens is 1. The minimum absolute atomic E-state index is 0.179. The van der Waals surface area contributed by atoms with Crippen molar-refractivity contribution in [1.82, 2.24) is 4.57 Å². The molecule has 0 radical (unpaired) electrons. The number of nitrogens with zero attached hydrogens (tertiary/aromatic N) is 1. The topological polar surface area (TPSA) is 48.3 Å². The molecule has 0 saturated heterocycles. The summed E-state index contributed by atoms with van der Waals surface area (Å²) in [5.74, 6) is 0. The first-order valence-electron chi connectivity index (χ1n) is 10.3. The van der Waals surface area contributed by atoms with Gasteiger partial charge in [-0.3, -0.25) is 0 Å². The summed E-state index contributed by atoms with van der Waals surface area (Å²) in [6.45, 7) is 3.98. The van der Waals surface area contributed by atoms with E-state index in [-0.39, 0.29) is 16.4 Å². The smallest absolute Gasteiger partial charge is 0.423 e. The molecule has 0 spiro atoms. The van der Waals surface area contributed by atoms with Crippen LogP contribution in [-0.4, -0.2) is 4.57 Å². The molecule has 4 nitrogen and oxygen atoms in total. The minimum Gasteiger partial charge on any atom is -0.463 e. The molecule has 164 valence electrons. The molecule has 0 atom stereocenters. The largest absolute Gasteiger partial charge is 0.463 e. The van der Waals surface area contributed by atoms with Crippen molar-refractivity contribution in [3.8, 4) is 5.69 Å². The highest BCUT2D eigenvalue weighted by atomic mass is 19.4. The molecule has 0 aliphatic carbocycles. The van der Waals surface area contributed by atoms with Gasteiger partial charge >= 0.3 is 11.8 Å². The van der Waals surface area contributed by atoms with Crippen molar-refractivity contribution in [3.05, 3.63) is 88.0 Å². The second kappa shape index (κ2) is 6.51. The molecule has 3 aromatic heterocycles. The summed E-state index contributed by atoms with van der Waals surface area (Å²) >= 11 is 0. The highest BCUT2D eigenvalue weighted by Crippen LogP contribution is 2.46. The lowest BCUT2D eigenvalue weighted by atomic mass is 10.0. The normalized spacial score (nSPS) is 12.5. The first kappa shape index (κ1) is 19.7. The van der Waals surface area contributed by atoms with E-state index in [9.17, 15) is 18.0 Å². The summed E-state index contributed by atoms with van der Waals surface area (Å²) in [6, 6.07) is 15.9. The van der Waals surface area contributed by atoms with E-state index in [1.807, 2.05) is 48.7 Å². The van der Waals surface area contributed by atoms with E-state index < -0.39 is 22.9 Å². The fraction of sp³-hybridized carbons (Fsp3) is 0.115. The van der Waals surface area contributed by atoms with Crippen molar-refractivity contribution >= 4 is 43.7 Å². The van der Waals surface area contributed by atoms with Crippen molar-refractivity contribution in [2.24, 2.45) is 0 Å². The van der Waals surface area contributed by atoms with Crippen molar-refractivity contribution in [2.75, 3.05) is 0 Å². The highest BCUT2D eigenvalue weighted by Gasteiger charge is 2.39. The van der Waals surface area contributed by atoms with Crippen LogP contribution in [0.2, 0.25) is 0 Å². The molecule has 0 aliphatic heterocycles. The maximum atomic E-state index is 14.1. The van der Waals surface area contributed by atoms with Crippen molar-refractivity contribution < 1.29 is 22.0 Å². The molecule has 33 heavy (non-hydrogen) atoms. The second-order valence-corrected chi connectivity index (χ2v) is 8.21. The Labute approximate surface area is 184 Å². The van der Waals surface area contributed by atoms with Crippen LogP contribution in [0, 0.1) is 13.8 Å². The maximum absolute atomic E-state index is 14.1. The van der Waals surface area contributed by atoms with Crippen LogP contribution in [0.25, 0.3) is 49.4 Å². The summed E-state index contributed by atoms with van der Waals surface area (Å²) in [5, 5.41) is 2.43. The molecule has 0 saturated carbocycles. The van der Waals surface area contributed by atoms with Crippen LogP contribution in [0.15, 0.2) is 74.5 Å².